The number of carbonyl (C=O) groups excluding carboxylic acids is 1. The van der Waals surface area contributed by atoms with Crippen LogP contribution in [0.3, 0.4) is 0 Å². The van der Waals surface area contributed by atoms with E-state index in [0.717, 1.165) is 0 Å². The molecule has 2 aliphatic heterocycles. The first-order valence-electron chi connectivity index (χ1n) is 5.68. The van der Waals surface area contributed by atoms with Gasteiger partial charge in [0.1, 0.15) is 24.5 Å². The highest BCUT2D eigenvalue weighted by atomic mass is 79.9. The van der Waals surface area contributed by atoms with Gasteiger partial charge in [0.15, 0.2) is 6.23 Å². The zero-order valence-corrected chi connectivity index (χ0v) is 11.8. The Morgan fingerprint density at radius 3 is 2.95 bits per heavy atom. The van der Waals surface area contributed by atoms with E-state index in [1.807, 2.05) is 0 Å². The first-order valence-corrected chi connectivity index (χ1v) is 6.47. The Balaban J connectivity index is 2.23. The minimum atomic E-state index is -1.02. The third-order valence-electron chi connectivity index (χ3n) is 3.11. The molecular weight excluding hydrogens is 322 g/mol. The molecule has 1 unspecified atom stereocenters. The van der Waals surface area contributed by atoms with Crippen molar-refractivity contribution in [2.75, 3.05) is 13.7 Å². The van der Waals surface area contributed by atoms with Gasteiger partial charge in [-0.25, -0.2) is 4.79 Å². The molecule has 2 rings (SSSR count). The molecule has 0 aromatic carbocycles. The molecule has 2 heterocycles. The Labute approximate surface area is 118 Å². The Morgan fingerprint density at radius 2 is 2.37 bits per heavy atom. The normalized spacial score (nSPS) is 39.2. The molecule has 0 saturated carbocycles. The minimum Gasteiger partial charge on any atom is -0.394 e. The quantitative estimate of drug-likeness (QED) is 0.504. The van der Waals surface area contributed by atoms with Gasteiger partial charge in [0.25, 0.3) is 0 Å². The van der Waals surface area contributed by atoms with Crippen molar-refractivity contribution in [1.82, 2.24) is 10.2 Å². The third kappa shape index (κ3) is 2.62. The number of nitrogens with two attached hydrogens (primary N) is 1. The molecule has 1 saturated heterocycles. The van der Waals surface area contributed by atoms with Gasteiger partial charge in [-0.3, -0.25) is 4.90 Å². The highest BCUT2D eigenvalue weighted by molar-refractivity contribution is 9.11. The lowest BCUT2D eigenvalue weighted by atomic mass is 10.1. The Kier molecular flexibility index (Phi) is 4.43. The number of nitrogens with one attached hydrogen (secondary N) is 1. The van der Waals surface area contributed by atoms with Gasteiger partial charge in [0.05, 0.1) is 6.61 Å². The van der Waals surface area contributed by atoms with Crippen LogP contribution in [-0.2, 0) is 9.47 Å². The molecule has 2 amide bonds. The molecule has 2 aliphatic rings. The molecule has 0 aliphatic carbocycles. The van der Waals surface area contributed by atoms with E-state index in [-0.39, 0.29) is 6.61 Å². The number of aliphatic hydroxyl groups is 2. The maximum Gasteiger partial charge on any atom is 0.325 e. The van der Waals surface area contributed by atoms with Crippen molar-refractivity contribution >= 4 is 22.0 Å². The predicted octanol–water partition coefficient (Wildman–Crippen LogP) is -1.37. The number of nitrogens with zero attached hydrogens (tertiary/aromatic N) is 1. The van der Waals surface area contributed by atoms with Gasteiger partial charge in [-0.1, -0.05) is 15.9 Å². The fraction of sp³-hybridized carbons (Fsp3) is 0.700. The number of hydrogen-bond acceptors (Lipinski definition) is 6. The van der Waals surface area contributed by atoms with Crippen LogP contribution in [0, 0.1) is 0 Å². The average molecular weight is 338 g/mol. The van der Waals surface area contributed by atoms with E-state index >= 15 is 0 Å². The van der Waals surface area contributed by atoms with E-state index in [4.69, 9.17) is 20.3 Å². The number of hydrogen-bond donors (Lipinski definition) is 4. The van der Waals surface area contributed by atoms with E-state index in [2.05, 4.69) is 21.2 Å². The van der Waals surface area contributed by atoms with Gasteiger partial charge in [-0.05, 0) is 0 Å². The standard InChI is InChI=1S/C10H16BrN3O5/c1-18-7-6(16)5(3-15)19-9(7)14-2-4(11)8(12)13-10(14)17/h2,5-9,15-16H,3,12H2,1H3,(H,13,17)/t5-,6-,7-,8?,9-/m1/s1. The Morgan fingerprint density at radius 1 is 1.68 bits per heavy atom. The first-order chi connectivity index (χ1) is 8.99. The summed E-state index contributed by atoms with van der Waals surface area (Å²) in [7, 11) is 1.40. The van der Waals surface area contributed by atoms with Gasteiger partial charge in [0.2, 0.25) is 0 Å². The van der Waals surface area contributed by atoms with Crippen molar-refractivity contribution < 1.29 is 24.5 Å². The molecule has 9 heteroatoms. The molecule has 5 N–H and O–H groups in total. The maximum absolute atomic E-state index is 11.9. The predicted molar refractivity (Wildman–Crippen MR) is 67.9 cm³/mol. The van der Waals surface area contributed by atoms with E-state index in [9.17, 15) is 9.90 Å². The van der Waals surface area contributed by atoms with Crippen LogP contribution in [0.5, 0.6) is 0 Å². The molecule has 8 nitrogen and oxygen atoms in total. The summed E-state index contributed by atoms with van der Waals surface area (Å²) in [5.41, 5.74) is 5.64. The number of methoxy groups -OCH3 is 1. The highest BCUT2D eigenvalue weighted by Crippen LogP contribution is 2.28. The minimum absolute atomic E-state index is 0.364. The number of aliphatic hydroxyl groups excluding tert-OH is 2. The lowest BCUT2D eigenvalue weighted by Crippen LogP contribution is -2.56. The summed E-state index contributed by atoms with van der Waals surface area (Å²) in [5.74, 6) is 0. The Hall–Kier alpha value is -0.710. The van der Waals surface area contributed by atoms with Gasteiger partial charge < -0.3 is 30.7 Å². The van der Waals surface area contributed by atoms with Crippen molar-refractivity contribution in [3.63, 3.8) is 0 Å². The summed E-state index contributed by atoms with van der Waals surface area (Å²) in [5, 5.41) is 21.6. The van der Waals surface area contributed by atoms with Crippen LogP contribution in [0.1, 0.15) is 0 Å². The molecule has 5 atom stereocenters. The largest absolute Gasteiger partial charge is 0.394 e. The van der Waals surface area contributed by atoms with Gasteiger partial charge in [0, 0.05) is 17.8 Å². The van der Waals surface area contributed by atoms with Gasteiger partial charge >= 0.3 is 6.03 Å². The SMILES string of the molecule is CO[C@@H]1[C@H](O)[C@@H](CO)O[C@H]1N1C=C(Br)C(N)NC1=O. The number of amides is 2. The van der Waals surface area contributed by atoms with Gasteiger partial charge in [-0.2, -0.15) is 0 Å². The van der Waals surface area contributed by atoms with Crippen molar-refractivity contribution in [2.24, 2.45) is 5.73 Å². The lowest BCUT2D eigenvalue weighted by Gasteiger charge is -2.33. The van der Waals surface area contributed by atoms with Crippen LogP contribution in [0.25, 0.3) is 0 Å². The first kappa shape index (κ1) is 14.7. The molecule has 0 aromatic rings. The Bertz CT molecular complexity index is 393. The van der Waals surface area contributed by atoms with Crippen LogP contribution in [0.2, 0.25) is 0 Å². The van der Waals surface area contributed by atoms with Crippen molar-refractivity contribution in [3.05, 3.63) is 10.7 Å². The summed E-state index contributed by atoms with van der Waals surface area (Å²) in [6.07, 6.45) is -2.55. The van der Waals surface area contributed by atoms with Crippen LogP contribution in [-0.4, -0.2) is 65.6 Å². The number of urea groups is 1. The maximum atomic E-state index is 11.9. The van der Waals surface area contributed by atoms with Crippen LogP contribution >= 0.6 is 15.9 Å². The molecule has 1 fully saturated rings. The zero-order chi connectivity index (χ0) is 14.2. The molecule has 0 spiro atoms. The second-order valence-electron chi connectivity index (χ2n) is 4.29. The van der Waals surface area contributed by atoms with Crippen LogP contribution < -0.4 is 11.1 Å². The topological polar surface area (TPSA) is 117 Å². The number of carbonyl (C=O) groups is 1. The molecule has 0 bridgehead atoms. The second kappa shape index (κ2) is 5.73. The highest BCUT2D eigenvalue weighted by Gasteiger charge is 2.48. The number of rotatable bonds is 3. The van der Waals surface area contributed by atoms with E-state index in [1.54, 1.807) is 0 Å². The molecule has 108 valence electrons. The second-order valence-corrected chi connectivity index (χ2v) is 5.20. The monoisotopic (exact) mass is 337 g/mol. The van der Waals surface area contributed by atoms with E-state index < -0.39 is 36.7 Å². The average Bonchev–Trinajstić information content (AvgIpc) is 2.70. The van der Waals surface area contributed by atoms with Crippen LogP contribution in [0.15, 0.2) is 10.7 Å². The third-order valence-corrected chi connectivity index (χ3v) is 3.81. The summed E-state index contributed by atoms with van der Waals surface area (Å²) >= 11 is 3.23. The van der Waals surface area contributed by atoms with Gasteiger partial charge in [-0.15, -0.1) is 0 Å². The summed E-state index contributed by atoms with van der Waals surface area (Å²) in [6, 6.07) is -0.464. The summed E-state index contributed by atoms with van der Waals surface area (Å²) in [6.45, 7) is -0.364. The van der Waals surface area contributed by atoms with Crippen molar-refractivity contribution in [1.29, 1.82) is 0 Å². The molecule has 19 heavy (non-hydrogen) atoms. The van der Waals surface area contributed by atoms with E-state index in [0.29, 0.717) is 4.48 Å². The van der Waals surface area contributed by atoms with Crippen molar-refractivity contribution in [3.8, 4) is 0 Å². The fourth-order valence-electron chi connectivity index (χ4n) is 2.09. The van der Waals surface area contributed by atoms with Crippen molar-refractivity contribution in [2.45, 2.75) is 30.7 Å². The molecular formula is C10H16BrN3O5. The molecule has 0 aromatic heterocycles. The lowest BCUT2D eigenvalue weighted by molar-refractivity contribution is -0.0736. The van der Waals surface area contributed by atoms with E-state index in [1.165, 1.54) is 18.2 Å². The smallest absolute Gasteiger partial charge is 0.325 e. The number of ether oxygens (including phenoxy) is 2. The fourth-order valence-corrected chi connectivity index (χ4v) is 2.42. The summed E-state index contributed by atoms with van der Waals surface area (Å²) < 4.78 is 11.2. The zero-order valence-electron chi connectivity index (χ0n) is 10.2. The van der Waals surface area contributed by atoms with Crippen LogP contribution in [0.4, 0.5) is 4.79 Å². The number of halogens is 1. The summed E-state index contributed by atoms with van der Waals surface area (Å²) in [4.78, 5) is 13.1. The molecule has 0 radical (unpaired) electrons.